The highest BCUT2D eigenvalue weighted by atomic mass is 16.5. The molecule has 4 rings (SSSR count). The lowest BCUT2D eigenvalue weighted by Gasteiger charge is -2.58. The SMILES string of the molecule is CCCCCCCC/C=C/CCCCCCCCOC1CCC2(C)C(=CCC3C2CCC2(C)C(C(C)CCCC(C)C)CCC32)C1. The Morgan fingerprint density at radius 2 is 1.41 bits per heavy atom. The van der Waals surface area contributed by atoms with Crippen molar-refractivity contribution in [2.45, 2.75) is 208 Å². The third kappa shape index (κ3) is 10.5. The second-order valence-electron chi connectivity index (χ2n) is 18.0. The fourth-order valence-electron chi connectivity index (χ4n) is 11.4. The summed E-state index contributed by atoms with van der Waals surface area (Å²) in [6.45, 7) is 16.1. The number of hydrogen-bond acceptors (Lipinski definition) is 1. The average Bonchev–Trinajstić information content (AvgIpc) is 3.39. The average molecular weight is 637 g/mol. The Morgan fingerprint density at radius 3 is 2.11 bits per heavy atom. The number of rotatable bonds is 22. The van der Waals surface area contributed by atoms with Gasteiger partial charge in [0.15, 0.2) is 0 Å². The highest BCUT2D eigenvalue weighted by molar-refractivity contribution is 5.25. The Hall–Kier alpha value is -0.560. The zero-order chi connectivity index (χ0) is 32.8. The summed E-state index contributed by atoms with van der Waals surface area (Å²) in [6, 6.07) is 0. The molecule has 8 unspecified atom stereocenters. The third-order valence-electron chi connectivity index (χ3n) is 14.3. The quantitative estimate of drug-likeness (QED) is 0.0848. The molecule has 0 radical (unpaired) electrons. The van der Waals surface area contributed by atoms with Crippen molar-refractivity contribution in [3.8, 4) is 0 Å². The zero-order valence-corrected chi connectivity index (χ0v) is 32.1. The lowest BCUT2D eigenvalue weighted by atomic mass is 9.47. The first-order valence-electron chi connectivity index (χ1n) is 21.3. The summed E-state index contributed by atoms with van der Waals surface area (Å²) in [4.78, 5) is 0. The molecule has 3 fully saturated rings. The molecule has 266 valence electrons. The van der Waals surface area contributed by atoms with E-state index in [-0.39, 0.29) is 0 Å². The molecule has 1 nitrogen and oxygen atoms in total. The van der Waals surface area contributed by atoms with Crippen LogP contribution in [0.15, 0.2) is 23.8 Å². The number of unbranched alkanes of at least 4 members (excludes halogenated alkanes) is 12. The van der Waals surface area contributed by atoms with E-state index in [2.05, 4.69) is 59.8 Å². The van der Waals surface area contributed by atoms with Crippen molar-refractivity contribution in [3.05, 3.63) is 23.8 Å². The van der Waals surface area contributed by atoms with Gasteiger partial charge in [-0.1, -0.05) is 142 Å². The van der Waals surface area contributed by atoms with E-state index in [0.29, 0.717) is 16.9 Å². The lowest BCUT2D eigenvalue weighted by Crippen LogP contribution is -2.51. The van der Waals surface area contributed by atoms with E-state index in [4.69, 9.17) is 4.74 Å². The molecule has 0 aromatic rings. The Bertz CT molecular complexity index is 899. The zero-order valence-electron chi connectivity index (χ0n) is 32.1. The molecular weight excluding hydrogens is 556 g/mol. The Labute approximate surface area is 289 Å². The van der Waals surface area contributed by atoms with Gasteiger partial charge in [-0.25, -0.2) is 0 Å². The van der Waals surface area contributed by atoms with E-state index < -0.39 is 0 Å². The molecule has 4 aliphatic carbocycles. The van der Waals surface area contributed by atoms with Crippen LogP contribution in [0.3, 0.4) is 0 Å². The smallest absolute Gasteiger partial charge is 0.0612 e. The topological polar surface area (TPSA) is 9.23 Å². The summed E-state index contributed by atoms with van der Waals surface area (Å²) in [5.41, 5.74) is 2.85. The van der Waals surface area contributed by atoms with Crippen LogP contribution in [0, 0.1) is 46.3 Å². The van der Waals surface area contributed by atoms with Crippen molar-refractivity contribution in [2.24, 2.45) is 46.3 Å². The molecule has 46 heavy (non-hydrogen) atoms. The predicted molar refractivity (Wildman–Crippen MR) is 202 cm³/mol. The Morgan fingerprint density at radius 1 is 0.739 bits per heavy atom. The minimum absolute atomic E-state index is 0.453. The molecular formula is C45H80O. The molecule has 8 atom stereocenters. The molecule has 0 aromatic carbocycles. The summed E-state index contributed by atoms with van der Waals surface area (Å²) >= 11 is 0. The largest absolute Gasteiger partial charge is 0.378 e. The first-order valence-corrected chi connectivity index (χ1v) is 21.3. The summed E-state index contributed by atoms with van der Waals surface area (Å²) < 4.78 is 6.55. The van der Waals surface area contributed by atoms with Crippen molar-refractivity contribution < 1.29 is 4.74 Å². The van der Waals surface area contributed by atoms with E-state index >= 15 is 0 Å². The van der Waals surface area contributed by atoms with Crippen molar-refractivity contribution in [3.63, 3.8) is 0 Å². The predicted octanol–water partition coefficient (Wildman–Crippen LogP) is 14.5. The van der Waals surface area contributed by atoms with E-state index in [0.717, 1.165) is 42.1 Å². The van der Waals surface area contributed by atoms with E-state index in [1.165, 1.54) is 161 Å². The van der Waals surface area contributed by atoms with Crippen LogP contribution in [-0.2, 0) is 4.74 Å². The molecule has 4 aliphatic rings. The monoisotopic (exact) mass is 637 g/mol. The van der Waals surface area contributed by atoms with Gasteiger partial charge in [0.05, 0.1) is 6.10 Å². The summed E-state index contributed by atoms with van der Waals surface area (Å²) in [5, 5.41) is 0. The van der Waals surface area contributed by atoms with Crippen LogP contribution in [0.4, 0.5) is 0 Å². The molecule has 0 N–H and O–H groups in total. The van der Waals surface area contributed by atoms with Crippen LogP contribution in [0.1, 0.15) is 202 Å². The molecule has 0 saturated heterocycles. The van der Waals surface area contributed by atoms with Crippen molar-refractivity contribution in [1.82, 2.24) is 0 Å². The van der Waals surface area contributed by atoms with Crippen LogP contribution in [0.25, 0.3) is 0 Å². The fourth-order valence-corrected chi connectivity index (χ4v) is 11.4. The van der Waals surface area contributed by atoms with Gasteiger partial charge in [-0.2, -0.15) is 0 Å². The molecule has 0 bridgehead atoms. The van der Waals surface area contributed by atoms with Crippen LogP contribution in [-0.4, -0.2) is 12.7 Å². The van der Waals surface area contributed by atoms with Gasteiger partial charge in [-0.05, 0) is 130 Å². The molecule has 0 aromatic heterocycles. The summed E-state index contributed by atoms with van der Waals surface area (Å²) in [7, 11) is 0. The highest BCUT2D eigenvalue weighted by Gasteiger charge is 2.59. The van der Waals surface area contributed by atoms with Crippen molar-refractivity contribution in [2.75, 3.05) is 6.61 Å². The second kappa shape index (κ2) is 19.6. The fraction of sp³-hybridized carbons (Fsp3) is 0.911. The van der Waals surface area contributed by atoms with Crippen LogP contribution in [0.5, 0.6) is 0 Å². The van der Waals surface area contributed by atoms with Gasteiger partial charge in [0.25, 0.3) is 0 Å². The van der Waals surface area contributed by atoms with E-state index in [1.54, 1.807) is 5.57 Å². The minimum Gasteiger partial charge on any atom is -0.378 e. The van der Waals surface area contributed by atoms with E-state index in [9.17, 15) is 0 Å². The lowest BCUT2D eigenvalue weighted by molar-refractivity contribution is -0.0641. The van der Waals surface area contributed by atoms with Crippen LogP contribution < -0.4 is 0 Å². The number of fused-ring (bicyclic) bond motifs is 5. The second-order valence-corrected chi connectivity index (χ2v) is 18.0. The van der Waals surface area contributed by atoms with Gasteiger partial charge in [0.1, 0.15) is 0 Å². The maximum Gasteiger partial charge on any atom is 0.0612 e. The molecule has 3 saturated carbocycles. The normalized spacial score (nSPS) is 33.2. The molecule has 0 amide bonds. The Kier molecular flexibility index (Phi) is 16.3. The molecule has 0 spiro atoms. The first kappa shape index (κ1) is 38.2. The third-order valence-corrected chi connectivity index (χ3v) is 14.3. The van der Waals surface area contributed by atoms with Gasteiger partial charge >= 0.3 is 0 Å². The maximum absolute atomic E-state index is 6.55. The number of ether oxygens (including phenoxy) is 1. The van der Waals surface area contributed by atoms with Crippen LogP contribution in [0.2, 0.25) is 0 Å². The van der Waals surface area contributed by atoms with E-state index in [1.807, 2.05) is 0 Å². The summed E-state index contributed by atoms with van der Waals surface area (Å²) in [5.74, 6) is 5.58. The van der Waals surface area contributed by atoms with Gasteiger partial charge in [-0.3, -0.25) is 0 Å². The summed E-state index contributed by atoms with van der Waals surface area (Å²) in [6.07, 6.45) is 42.9. The first-order chi connectivity index (χ1) is 22.3. The molecule has 1 heteroatoms. The highest BCUT2D eigenvalue weighted by Crippen LogP contribution is 2.67. The van der Waals surface area contributed by atoms with Gasteiger partial charge in [0.2, 0.25) is 0 Å². The maximum atomic E-state index is 6.55. The van der Waals surface area contributed by atoms with Crippen molar-refractivity contribution in [1.29, 1.82) is 0 Å². The number of hydrogen-bond donors (Lipinski definition) is 0. The van der Waals surface area contributed by atoms with Gasteiger partial charge in [-0.15, -0.1) is 0 Å². The molecule has 0 heterocycles. The minimum atomic E-state index is 0.453. The molecule has 0 aliphatic heterocycles. The number of allylic oxidation sites excluding steroid dienone is 3. The standard InChI is InChI=1S/C45H80O/c1-7-8-9-10-11-12-13-14-15-16-17-18-19-20-21-22-34-46-39-30-32-44(5)38(35-39)26-27-40-42-29-28-41(37(4)25-23-24-36(2)3)45(42,6)33-31-43(40)44/h14-15,26,36-37,39-43H,7-13,16-25,27-35H2,1-6H3/b15-14+. The van der Waals surface area contributed by atoms with Gasteiger partial charge in [0, 0.05) is 6.61 Å². The van der Waals surface area contributed by atoms with Crippen LogP contribution >= 0.6 is 0 Å². The Balaban J connectivity index is 1.09. The van der Waals surface area contributed by atoms with Crippen molar-refractivity contribution >= 4 is 0 Å². The van der Waals surface area contributed by atoms with Gasteiger partial charge < -0.3 is 4.74 Å².